The van der Waals surface area contributed by atoms with E-state index in [2.05, 4.69) is 0 Å². The Kier molecular flexibility index (Phi) is 3.68. The minimum absolute atomic E-state index is 0.0524. The van der Waals surface area contributed by atoms with Crippen molar-refractivity contribution in [1.82, 2.24) is 0 Å². The molecule has 0 aliphatic carbocycles. The Morgan fingerprint density at radius 3 is 2.52 bits per heavy atom. The van der Waals surface area contributed by atoms with Gasteiger partial charge in [-0.2, -0.15) is 0 Å². The maximum absolute atomic E-state index is 13.3. The number of hydrogen-bond acceptors (Lipinski definition) is 2. The fraction of sp³-hybridized carbons (Fsp3) is 0.188. The van der Waals surface area contributed by atoms with Crippen molar-refractivity contribution in [1.29, 1.82) is 0 Å². The van der Waals surface area contributed by atoms with Gasteiger partial charge in [-0.1, -0.05) is 12.1 Å². The van der Waals surface area contributed by atoms with Crippen LogP contribution in [-0.2, 0) is 11.3 Å². The summed E-state index contributed by atoms with van der Waals surface area (Å²) in [6.07, 6.45) is 0. The van der Waals surface area contributed by atoms with Crippen LogP contribution in [0.5, 0.6) is 0 Å². The minimum atomic E-state index is -0.634. The molecule has 5 heteroatoms. The summed E-state index contributed by atoms with van der Waals surface area (Å²) < 4.78 is 26.6. The van der Waals surface area contributed by atoms with Gasteiger partial charge in [-0.15, -0.1) is 11.8 Å². The number of amides is 1. The first-order valence-corrected chi connectivity index (χ1v) is 7.44. The first-order chi connectivity index (χ1) is 10.0. The number of anilines is 1. The Labute approximate surface area is 125 Å². The number of carbonyl (C=O) groups is 1. The summed E-state index contributed by atoms with van der Waals surface area (Å²) in [5.74, 6) is -1.32. The largest absolute Gasteiger partial charge is 0.306 e. The molecule has 0 saturated heterocycles. The third-order valence-electron chi connectivity index (χ3n) is 3.34. The normalized spacial score (nSPS) is 17.8. The molecule has 3 rings (SSSR count). The number of nitrogens with zero attached hydrogens (tertiary/aromatic N) is 1. The van der Waals surface area contributed by atoms with Crippen LogP contribution in [0, 0.1) is 11.6 Å². The quantitative estimate of drug-likeness (QED) is 0.836. The molecule has 2 nitrogen and oxygen atoms in total. The first-order valence-electron chi connectivity index (χ1n) is 6.56. The Hall–Kier alpha value is -1.88. The number of halogens is 2. The van der Waals surface area contributed by atoms with Gasteiger partial charge >= 0.3 is 0 Å². The zero-order valence-corrected chi connectivity index (χ0v) is 12.2. The highest BCUT2D eigenvalue weighted by atomic mass is 32.2. The van der Waals surface area contributed by atoms with Crippen LogP contribution >= 0.6 is 11.8 Å². The molecule has 1 amide bonds. The summed E-state index contributed by atoms with van der Waals surface area (Å²) in [5.41, 5.74) is 1.23. The van der Waals surface area contributed by atoms with Crippen LogP contribution in [0.3, 0.4) is 0 Å². The molecule has 21 heavy (non-hydrogen) atoms. The van der Waals surface area contributed by atoms with Crippen molar-refractivity contribution < 1.29 is 13.6 Å². The Morgan fingerprint density at radius 2 is 1.81 bits per heavy atom. The molecule has 1 aliphatic rings. The SMILES string of the molecule is CC1Sc2ccccc2N(Cc2cc(F)cc(F)c2)C1=O. The van der Waals surface area contributed by atoms with Gasteiger partial charge in [0.25, 0.3) is 0 Å². The maximum atomic E-state index is 13.3. The van der Waals surface area contributed by atoms with E-state index in [1.54, 1.807) is 4.90 Å². The molecule has 0 fully saturated rings. The molecule has 0 aromatic heterocycles. The predicted molar refractivity (Wildman–Crippen MR) is 79.3 cm³/mol. The summed E-state index contributed by atoms with van der Waals surface area (Å²) in [7, 11) is 0. The number of para-hydroxylation sites is 1. The molecule has 1 heterocycles. The van der Waals surface area contributed by atoms with E-state index in [9.17, 15) is 13.6 Å². The van der Waals surface area contributed by atoms with Crippen LogP contribution in [0.2, 0.25) is 0 Å². The van der Waals surface area contributed by atoms with E-state index in [0.717, 1.165) is 16.6 Å². The number of fused-ring (bicyclic) bond motifs is 1. The van der Waals surface area contributed by atoms with E-state index in [1.165, 1.54) is 23.9 Å². The molecule has 108 valence electrons. The third kappa shape index (κ3) is 2.78. The van der Waals surface area contributed by atoms with E-state index in [4.69, 9.17) is 0 Å². The van der Waals surface area contributed by atoms with E-state index in [1.807, 2.05) is 31.2 Å². The molecule has 0 radical (unpaired) electrons. The molecule has 2 aromatic carbocycles. The maximum Gasteiger partial charge on any atom is 0.240 e. The first kappa shape index (κ1) is 14.1. The van der Waals surface area contributed by atoms with Gasteiger partial charge < -0.3 is 4.90 Å². The number of thioether (sulfide) groups is 1. The number of benzene rings is 2. The molecule has 1 unspecified atom stereocenters. The second-order valence-electron chi connectivity index (χ2n) is 4.93. The second-order valence-corrected chi connectivity index (χ2v) is 6.31. The fourth-order valence-electron chi connectivity index (χ4n) is 2.41. The lowest BCUT2D eigenvalue weighted by atomic mass is 10.1. The van der Waals surface area contributed by atoms with Crippen molar-refractivity contribution in [2.24, 2.45) is 0 Å². The lowest BCUT2D eigenvalue weighted by molar-refractivity contribution is -0.118. The summed E-state index contributed by atoms with van der Waals surface area (Å²) in [5, 5.41) is -0.210. The standard InChI is InChI=1S/C16H13F2NOS/c1-10-16(20)19(14-4-2-3-5-15(14)21-10)9-11-6-12(17)8-13(18)7-11/h2-8,10H,9H2,1H3. The highest BCUT2D eigenvalue weighted by molar-refractivity contribution is 8.00. The fourth-order valence-corrected chi connectivity index (χ4v) is 3.47. The van der Waals surface area contributed by atoms with Gasteiger partial charge in [-0.25, -0.2) is 8.78 Å². The van der Waals surface area contributed by atoms with Gasteiger partial charge in [0, 0.05) is 11.0 Å². The Balaban J connectivity index is 1.98. The van der Waals surface area contributed by atoms with Crippen molar-refractivity contribution in [3.8, 4) is 0 Å². The molecule has 1 atom stereocenters. The van der Waals surface area contributed by atoms with Crippen LogP contribution in [-0.4, -0.2) is 11.2 Å². The van der Waals surface area contributed by atoms with Crippen molar-refractivity contribution in [2.75, 3.05) is 4.90 Å². The van der Waals surface area contributed by atoms with Crippen LogP contribution in [0.1, 0.15) is 12.5 Å². The van der Waals surface area contributed by atoms with Crippen LogP contribution in [0.15, 0.2) is 47.4 Å². The lowest BCUT2D eigenvalue weighted by Gasteiger charge is -2.32. The predicted octanol–water partition coefficient (Wildman–Crippen LogP) is 3.99. The molecule has 1 aliphatic heterocycles. The average Bonchev–Trinajstić information content (AvgIpc) is 2.43. The Morgan fingerprint density at radius 1 is 1.14 bits per heavy atom. The topological polar surface area (TPSA) is 20.3 Å². The number of rotatable bonds is 2. The van der Waals surface area contributed by atoms with Crippen LogP contribution in [0.25, 0.3) is 0 Å². The molecule has 2 aromatic rings. The van der Waals surface area contributed by atoms with Gasteiger partial charge in [0.15, 0.2) is 0 Å². The third-order valence-corrected chi connectivity index (χ3v) is 4.49. The zero-order chi connectivity index (χ0) is 15.0. The monoisotopic (exact) mass is 305 g/mol. The van der Waals surface area contributed by atoms with E-state index in [0.29, 0.717) is 5.56 Å². The second kappa shape index (κ2) is 5.48. The Bertz CT molecular complexity index is 684. The minimum Gasteiger partial charge on any atom is -0.306 e. The summed E-state index contributed by atoms with van der Waals surface area (Å²) in [6, 6.07) is 10.9. The summed E-state index contributed by atoms with van der Waals surface area (Å²) in [4.78, 5) is 15.0. The van der Waals surface area contributed by atoms with Gasteiger partial charge in [-0.3, -0.25) is 4.79 Å². The zero-order valence-electron chi connectivity index (χ0n) is 11.3. The highest BCUT2D eigenvalue weighted by Crippen LogP contribution is 2.39. The molecule has 0 N–H and O–H groups in total. The molecular formula is C16H13F2NOS. The van der Waals surface area contributed by atoms with Gasteiger partial charge in [0.2, 0.25) is 5.91 Å². The van der Waals surface area contributed by atoms with Crippen molar-refractivity contribution in [2.45, 2.75) is 23.6 Å². The van der Waals surface area contributed by atoms with E-state index < -0.39 is 11.6 Å². The van der Waals surface area contributed by atoms with Gasteiger partial charge in [0.1, 0.15) is 11.6 Å². The molecule has 0 spiro atoms. The van der Waals surface area contributed by atoms with Gasteiger partial charge in [-0.05, 0) is 36.8 Å². The van der Waals surface area contributed by atoms with Gasteiger partial charge in [0.05, 0.1) is 17.5 Å². The van der Waals surface area contributed by atoms with Crippen molar-refractivity contribution in [3.05, 3.63) is 59.7 Å². The van der Waals surface area contributed by atoms with Crippen molar-refractivity contribution in [3.63, 3.8) is 0 Å². The number of hydrogen-bond donors (Lipinski definition) is 0. The van der Waals surface area contributed by atoms with E-state index in [-0.39, 0.29) is 17.7 Å². The molecular weight excluding hydrogens is 292 g/mol. The summed E-state index contributed by atoms with van der Waals surface area (Å²) in [6.45, 7) is 2.00. The molecule has 0 bridgehead atoms. The lowest BCUT2D eigenvalue weighted by Crippen LogP contribution is -2.39. The number of carbonyl (C=O) groups excluding carboxylic acids is 1. The highest BCUT2D eigenvalue weighted by Gasteiger charge is 2.30. The average molecular weight is 305 g/mol. The molecule has 0 saturated carbocycles. The van der Waals surface area contributed by atoms with Crippen LogP contribution < -0.4 is 4.90 Å². The summed E-state index contributed by atoms with van der Waals surface area (Å²) >= 11 is 1.50. The van der Waals surface area contributed by atoms with Crippen LogP contribution in [0.4, 0.5) is 14.5 Å². The van der Waals surface area contributed by atoms with Crippen molar-refractivity contribution >= 4 is 23.4 Å². The smallest absolute Gasteiger partial charge is 0.240 e. The van der Waals surface area contributed by atoms with E-state index >= 15 is 0 Å².